The summed E-state index contributed by atoms with van der Waals surface area (Å²) in [7, 11) is 3.15. The number of hydrogen-bond acceptors (Lipinski definition) is 5. The maximum absolute atomic E-state index is 12.2. The monoisotopic (exact) mass is 346 g/mol. The Morgan fingerprint density at radius 3 is 2.65 bits per heavy atom. The summed E-state index contributed by atoms with van der Waals surface area (Å²) in [4.78, 5) is 16.1. The molecule has 128 valence electrons. The van der Waals surface area contributed by atoms with E-state index >= 15 is 0 Å². The first-order valence-electron chi connectivity index (χ1n) is 7.94. The van der Waals surface area contributed by atoms with Gasteiger partial charge in [-0.05, 0) is 24.3 Å². The second-order valence-electron chi connectivity index (χ2n) is 5.80. The molecule has 0 aliphatic carbocycles. The fourth-order valence-electron chi connectivity index (χ4n) is 3.34. The zero-order chi connectivity index (χ0) is 18.3. The van der Waals surface area contributed by atoms with Crippen LogP contribution in [-0.2, 0) is 4.79 Å². The maximum atomic E-state index is 12.2. The van der Waals surface area contributed by atoms with Crippen molar-refractivity contribution in [2.24, 2.45) is 4.99 Å². The molecule has 26 heavy (non-hydrogen) atoms. The number of amides is 1. The molecular formula is C20H14N2O4. The van der Waals surface area contributed by atoms with E-state index in [1.54, 1.807) is 26.4 Å². The van der Waals surface area contributed by atoms with E-state index in [0.29, 0.717) is 22.8 Å². The van der Waals surface area contributed by atoms with E-state index in [2.05, 4.69) is 4.99 Å². The molecule has 2 aliphatic rings. The summed E-state index contributed by atoms with van der Waals surface area (Å²) in [5, 5.41) is 9.50. The van der Waals surface area contributed by atoms with Gasteiger partial charge in [-0.15, -0.1) is 0 Å². The average molecular weight is 346 g/mol. The molecule has 2 aliphatic heterocycles. The maximum Gasteiger partial charge on any atom is 0.291 e. The molecule has 4 rings (SSSR count). The number of rotatable bonds is 3. The zero-order valence-corrected chi connectivity index (χ0v) is 14.1. The van der Waals surface area contributed by atoms with E-state index in [0.717, 1.165) is 11.1 Å². The molecule has 0 fully saturated rings. The van der Waals surface area contributed by atoms with Crippen molar-refractivity contribution < 1.29 is 19.0 Å². The van der Waals surface area contributed by atoms with Crippen molar-refractivity contribution in [3.63, 3.8) is 0 Å². The summed E-state index contributed by atoms with van der Waals surface area (Å²) < 4.78 is 16.7. The molecule has 2 aromatic carbocycles. The number of nitriles is 1. The van der Waals surface area contributed by atoms with Gasteiger partial charge >= 0.3 is 0 Å². The fraction of sp³-hybridized carbons (Fsp3) is 0.150. The lowest BCUT2D eigenvalue weighted by atomic mass is 9.80. The Morgan fingerprint density at radius 2 is 1.92 bits per heavy atom. The van der Waals surface area contributed by atoms with Gasteiger partial charge < -0.3 is 14.2 Å². The van der Waals surface area contributed by atoms with Gasteiger partial charge in [0.05, 0.1) is 19.8 Å². The molecule has 6 heteroatoms. The van der Waals surface area contributed by atoms with Crippen molar-refractivity contribution in [3.05, 3.63) is 64.7 Å². The first-order chi connectivity index (χ1) is 12.7. The van der Waals surface area contributed by atoms with Crippen LogP contribution in [0.1, 0.15) is 17.0 Å². The Balaban J connectivity index is 2.04. The van der Waals surface area contributed by atoms with Gasteiger partial charge in [0.1, 0.15) is 28.9 Å². The van der Waals surface area contributed by atoms with Crippen molar-refractivity contribution in [1.82, 2.24) is 0 Å². The highest BCUT2D eigenvalue weighted by molar-refractivity contribution is 6.20. The minimum atomic E-state index is -0.586. The molecule has 1 unspecified atom stereocenters. The highest BCUT2D eigenvalue weighted by atomic mass is 16.5. The van der Waals surface area contributed by atoms with E-state index in [-0.39, 0.29) is 11.5 Å². The smallest absolute Gasteiger partial charge is 0.291 e. The van der Waals surface area contributed by atoms with Gasteiger partial charge in [-0.2, -0.15) is 10.3 Å². The number of carbonyl (C=O) groups is 1. The van der Waals surface area contributed by atoms with Gasteiger partial charge in [-0.3, -0.25) is 4.79 Å². The predicted molar refractivity (Wildman–Crippen MR) is 93.5 cm³/mol. The van der Waals surface area contributed by atoms with Crippen molar-refractivity contribution >= 4 is 11.8 Å². The van der Waals surface area contributed by atoms with Crippen LogP contribution in [0.15, 0.2) is 58.6 Å². The summed E-state index contributed by atoms with van der Waals surface area (Å²) in [6.07, 6.45) is 0. The van der Waals surface area contributed by atoms with Crippen LogP contribution in [0.4, 0.5) is 0 Å². The lowest BCUT2D eigenvalue weighted by Gasteiger charge is -2.29. The quantitative estimate of drug-likeness (QED) is 0.853. The normalized spacial score (nSPS) is 17.7. The molecule has 1 amide bonds. The van der Waals surface area contributed by atoms with Crippen LogP contribution in [0.5, 0.6) is 17.2 Å². The number of ether oxygens (including phenoxy) is 3. The highest BCUT2D eigenvalue weighted by Crippen LogP contribution is 2.48. The molecule has 0 aromatic heterocycles. The van der Waals surface area contributed by atoms with Crippen molar-refractivity contribution in [2.75, 3.05) is 14.2 Å². The summed E-state index contributed by atoms with van der Waals surface area (Å²) in [5.74, 6) is 1.02. The van der Waals surface area contributed by atoms with E-state index in [9.17, 15) is 10.1 Å². The van der Waals surface area contributed by atoms with Crippen molar-refractivity contribution in [3.8, 4) is 23.3 Å². The molecule has 0 spiro atoms. The van der Waals surface area contributed by atoms with E-state index in [1.165, 1.54) is 0 Å². The average Bonchev–Trinajstić information content (AvgIpc) is 2.99. The highest BCUT2D eigenvalue weighted by Gasteiger charge is 2.41. The second kappa shape index (κ2) is 6.05. The molecule has 0 saturated heterocycles. The molecule has 6 nitrogen and oxygen atoms in total. The lowest BCUT2D eigenvalue weighted by molar-refractivity contribution is -0.113. The number of hydrogen-bond donors (Lipinski definition) is 0. The van der Waals surface area contributed by atoms with E-state index in [1.807, 2.05) is 36.4 Å². The Hall–Kier alpha value is -3.59. The molecule has 0 N–H and O–H groups in total. The summed E-state index contributed by atoms with van der Waals surface area (Å²) in [6, 6.07) is 14.8. The lowest BCUT2D eigenvalue weighted by Crippen LogP contribution is -2.24. The third-order valence-corrected chi connectivity index (χ3v) is 4.50. The number of fused-ring (bicyclic) bond motifs is 2. The zero-order valence-electron chi connectivity index (χ0n) is 14.1. The molecule has 2 heterocycles. The van der Waals surface area contributed by atoms with Crippen LogP contribution >= 0.6 is 0 Å². The van der Waals surface area contributed by atoms with Crippen LogP contribution in [-0.4, -0.2) is 26.0 Å². The van der Waals surface area contributed by atoms with Gasteiger partial charge in [0, 0.05) is 17.0 Å². The second-order valence-corrected chi connectivity index (χ2v) is 5.80. The predicted octanol–water partition coefficient (Wildman–Crippen LogP) is 2.99. The van der Waals surface area contributed by atoms with Crippen molar-refractivity contribution in [2.45, 2.75) is 5.92 Å². The van der Waals surface area contributed by atoms with Crippen LogP contribution in [0.2, 0.25) is 0 Å². The minimum absolute atomic E-state index is 0.00984. The van der Waals surface area contributed by atoms with Crippen LogP contribution in [0.25, 0.3) is 0 Å². The summed E-state index contributed by atoms with van der Waals surface area (Å²) >= 11 is 0. The number of nitrogens with zero attached hydrogens (tertiary/aromatic N) is 2. The Kier molecular flexibility index (Phi) is 3.70. The molecule has 0 bridgehead atoms. The van der Waals surface area contributed by atoms with Crippen molar-refractivity contribution in [1.29, 1.82) is 5.26 Å². The number of aliphatic imine (C=N–C) groups is 1. The first kappa shape index (κ1) is 15.9. The molecule has 2 aromatic rings. The fourth-order valence-corrected chi connectivity index (χ4v) is 3.34. The third-order valence-electron chi connectivity index (χ3n) is 4.50. The van der Waals surface area contributed by atoms with E-state index in [4.69, 9.17) is 14.2 Å². The van der Waals surface area contributed by atoms with Crippen LogP contribution in [0.3, 0.4) is 0 Å². The largest absolute Gasteiger partial charge is 0.497 e. The Labute approximate surface area is 149 Å². The molecule has 0 radical (unpaired) electrons. The first-order valence-corrected chi connectivity index (χ1v) is 7.94. The van der Waals surface area contributed by atoms with Gasteiger partial charge in [0.2, 0.25) is 5.90 Å². The Morgan fingerprint density at radius 1 is 1.12 bits per heavy atom. The minimum Gasteiger partial charge on any atom is -0.497 e. The van der Waals surface area contributed by atoms with Crippen LogP contribution in [0, 0.1) is 11.3 Å². The number of benzene rings is 2. The van der Waals surface area contributed by atoms with Gasteiger partial charge in [-0.1, -0.05) is 18.2 Å². The summed E-state index contributed by atoms with van der Waals surface area (Å²) in [6.45, 7) is 0. The number of methoxy groups -OCH3 is 2. The molecule has 1 atom stereocenters. The number of para-hydroxylation sites is 1. The number of carbonyl (C=O) groups excluding carboxylic acids is 1. The topological polar surface area (TPSA) is 80.9 Å². The Bertz CT molecular complexity index is 1030. The summed E-state index contributed by atoms with van der Waals surface area (Å²) in [5.41, 5.74) is 2.05. The van der Waals surface area contributed by atoms with Gasteiger partial charge in [0.25, 0.3) is 5.91 Å². The standard InChI is InChI=1S/C20H14N2O4/c1-24-11-7-8-15(25-2)13(9-11)17-12-5-3-4-6-16(12)26-20-18(17)14(10-21)19(23)22-20/h3-9,17H,1-2H3. The molecule has 0 saturated carbocycles. The van der Waals surface area contributed by atoms with Gasteiger partial charge in [-0.25, -0.2) is 0 Å². The third kappa shape index (κ3) is 2.25. The SMILES string of the molecule is COc1ccc(OC)c(C2C3=C(C#N)C(=O)N=C3Oc3ccccc32)c1. The molecular weight excluding hydrogens is 332 g/mol. The van der Waals surface area contributed by atoms with E-state index < -0.39 is 11.8 Å². The van der Waals surface area contributed by atoms with Gasteiger partial charge in [0.15, 0.2) is 0 Å². The van der Waals surface area contributed by atoms with Crippen LogP contribution < -0.4 is 14.2 Å².